The highest BCUT2D eigenvalue weighted by molar-refractivity contribution is 5.85. The maximum atomic E-state index is 13.9. The van der Waals surface area contributed by atoms with E-state index in [0.29, 0.717) is 29.8 Å². The quantitative estimate of drug-likeness (QED) is 0.715. The van der Waals surface area contributed by atoms with E-state index in [9.17, 15) is 4.79 Å². The summed E-state index contributed by atoms with van der Waals surface area (Å²) in [5.74, 6) is 1.33. The van der Waals surface area contributed by atoms with Crippen LogP contribution < -0.4 is 16.4 Å². The molecule has 6 rings (SSSR count). The number of nitrogens with two attached hydrogens (primary N) is 1. The van der Waals surface area contributed by atoms with Crippen molar-refractivity contribution in [2.75, 3.05) is 6.54 Å². The van der Waals surface area contributed by atoms with Gasteiger partial charge in [0.25, 0.3) is 0 Å². The summed E-state index contributed by atoms with van der Waals surface area (Å²) < 4.78 is 0. The highest BCUT2D eigenvalue weighted by Crippen LogP contribution is 2.73. The van der Waals surface area contributed by atoms with Crippen LogP contribution in [0.4, 0.5) is 0 Å². The Balaban J connectivity index is 1.46. The molecule has 4 unspecified atom stereocenters. The van der Waals surface area contributed by atoms with Crippen LogP contribution >= 0.6 is 0 Å². The lowest BCUT2D eigenvalue weighted by Crippen LogP contribution is -2.55. The van der Waals surface area contributed by atoms with Gasteiger partial charge in [0, 0.05) is 17.6 Å². The van der Waals surface area contributed by atoms with Crippen molar-refractivity contribution >= 4 is 5.91 Å². The van der Waals surface area contributed by atoms with Gasteiger partial charge in [-0.05, 0) is 87.6 Å². The van der Waals surface area contributed by atoms with Gasteiger partial charge in [-0.1, -0.05) is 37.3 Å². The fourth-order valence-corrected chi connectivity index (χ4v) is 7.94. The van der Waals surface area contributed by atoms with E-state index in [0.717, 1.165) is 51.5 Å². The third kappa shape index (κ3) is 2.82. The minimum absolute atomic E-state index is 0.0792. The van der Waals surface area contributed by atoms with Gasteiger partial charge in [0.05, 0.1) is 5.41 Å². The van der Waals surface area contributed by atoms with Gasteiger partial charge in [0.1, 0.15) is 0 Å². The Morgan fingerprint density at radius 3 is 2.52 bits per heavy atom. The van der Waals surface area contributed by atoms with Crippen molar-refractivity contribution in [1.82, 2.24) is 10.6 Å². The number of rotatable bonds is 5. The van der Waals surface area contributed by atoms with Crippen LogP contribution in [-0.4, -0.2) is 30.1 Å². The third-order valence-electron chi connectivity index (χ3n) is 9.24. The first-order valence-corrected chi connectivity index (χ1v) is 11.8. The summed E-state index contributed by atoms with van der Waals surface area (Å²) in [5, 5.41) is 7.35. The van der Waals surface area contributed by atoms with E-state index in [4.69, 9.17) is 5.73 Å². The van der Waals surface area contributed by atoms with Crippen LogP contribution in [0.3, 0.4) is 0 Å². The number of nitrogens with one attached hydrogen (secondary N) is 2. The fraction of sp³-hybridized carbons (Fsp3) is 0.720. The van der Waals surface area contributed by atoms with Crippen LogP contribution in [0.25, 0.3) is 0 Å². The number of hydrogen-bond donors (Lipinski definition) is 3. The second kappa shape index (κ2) is 6.81. The molecule has 0 radical (unpaired) electrons. The van der Waals surface area contributed by atoms with E-state index < -0.39 is 0 Å². The van der Waals surface area contributed by atoms with E-state index >= 15 is 0 Å². The number of amides is 1. The molecular weight excluding hydrogens is 358 g/mol. The van der Waals surface area contributed by atoms with Gasteiger partial charge in [0.2, 0.25) is 5.91 Å². The Morgan fingerprint density at radius 2 is 1.83 bits per heavy atom. The zero-order valence-corrected chi connectivity index (χ0v) is 18.0. The van der Waals surface area contributed by atoms with Crippen molar-refractivity contribution in [2.45, 2.75) is 88.3 Å². The van der Waals surface area contributed by atoms with E-state index in [1.807, 2.05) is 0 Å². The molecule has 0 saturated heterocycles. The lowest BCUT2D eigenvalue weighted by Gasteiger charge is -2.48. The minimum Gasteiger partial charge on any atom is -0.353 e. The molecule has 0 heterocycles. The maximum absolute atomic E-state index is 13.9. The van der Waals surface area contributed by atoms with Gasteiger partial charge in [-0.15, -0.1) is 0 Å². The van der Waals surface area contributed by atoms with Gasteiger partial charge < -0.3 is 16.4 Å². The molecule has 4 heteroatoms. The summed E-state index contributed by atoms with van der Waals surface area (Å²) in [7, 11) is 0. The van der Waals surface area contributed by atoms with Gasteiger partial charge >= 0.3 is 0 Å². The first-order chi connectivity index (χ1) is 13.9. The smallest absolute Gasteiger partial charge is 0.226 e. The largest absolute Gasteiger partial charge is 0.353 e. The van der Waals surface area contributed by atoms with Crippen molar-refractivity contribution < 1.29 is 4.79 Å². The summed E-state index contributed by atoms with van der Waals surface area (Å²) in [6.07, 6.45) is 8.55. The highest BCUT2D eigenvalue weighted by Gasteiger charge is 2.74. The summed E-state index contributed by atoms with van der Waals surface area (Å²) in [4.78, 5) is 13.9. The molecule has 5 aliphatic carbocycles. The predicted octanol–water partition coefficient (Wildman–Crippen LogP) is 3.50. The van der Waals surface area contributed by atoms with E-state index in [1.165, 1.54) is 12.0 Å². The summed E-state index contributed by atoms with van der Waals surface area (Å²) in [5.41, 5.74) is 7.58. The Morgan fingerprint density at radius 1 is 1.10 bits per heavy atom. The zero-order chi connectivity index (χ0) is 20.3. The highest BCUT2D eigenvalue weighted by atomic mass is 16.2. The number of carbonyl (C=O) groups excluding carboxylic acids is 1. The maximum Gasteiger partial charge on any atom is 0.226 e. The topological polar surface area (TPSA) is 67.2 Å². The Kier molecular flexibility index (Phi) is 4.60. The molecule has 4 bridgehead atoms. The Bertz CT molecular complexity index is 774. The monoisotopic (exact) mass is 395 g/mol. The van der Waals surface area contributed by atoms with Crippen LogP contribution in [0.5, 0.6) is 0 Å². The molecule has 1 aromatic rings. The molecule has 0 spiro atoms. The van der Waals surface area contributed by atoms with Crippen molar-refractivity contribution in [1.29, 1.82) is 0 Å². The van der Waals surface area contributed by atoms with Crippen molar-refractivity contribution in [2.24, 2.45) is 23.0 Å². The summed E-state index contributed by atoms with van der Waals surface area (Å²) in [6.45, 7) is 5.58. The molecule has 0 aliphatic heterocycles. The van der Waals surface area contributed by atoms with Gasteiger partial charge in [-0.3, -0.25) is 4.79 Å². The average Bonchev–Trinajstić information content (AvgIpc) is 3.07. The zero-order valence-electron chi connectivity index (χ0n) is 18.0. The van der Waals surface area contributed by atoms with Crippen LogP contribution in [0.15, 0.2) is 30.3 Å². The summed E-state index contributed by atoms with van der Waals surface area (Å²) in [6, 6.07) is 11.7. The SMILES string of the molecule is CCNC1(C)C2CC3(c4ccccc4)C[C@H]1C(C(=O)NC1CCC(N)CC1)(C2)C3. The molecule has 5 aliphatic rings. The molecule has 29 heavy (non-hydrogen) atoms. The lowest BCUT2D eigenvalue weighted by atomic mass is 9.60. The molecule has 5 atom stereocenters. The molecule has 5 fully saturated rings. The average molecular weight is 396 g/mol. The van der Waals surface area contributed by atoms with Gasteiger partial charge in [0.15, 0.2) is 0 Å². The minimum atomic E-state index is -0.213. The van der Waals surface area contributed by atoms with Gasteiger partial charge in [-0.25, -0.2) is 0 Å². The fourth-order valence-electron chi connectivity index (χ4n) is 7.94. The first kappa shape index (κ1) is 19.6. The van der Waals surface area contributed by atoms with Crippen LogP contribution in [0.1, 0.15) is 70.8 Å². The van der Waals surface area contributed by atoms with Crippen LogP contribution in [0.2, 0.25) is 0 Å². The Labute approximate surface area is 175 Å². The Hall–Kier alpha value is -1.39. The van der Waals surface area contributed by atoms with Gasteiger partial charge in [-0.2, -0.15) is 0 Å². The number of carbonyl (C=O) groups is 1. The molecule has 158 valence electrons. The number of benzene rings is 1. The van der Waals surface area contributed by atoms with E-state index in [1.54, 1.807) is 0 Å². The lowest BCUT2D eigenvalue weighted by molar-refractivity contribution is -0.134. The molecule has 1 aromatic carbocycles. The molecule has 4 N–H and O–H groups in total. The van der Waals surface area contributed by atoms with Crippen molar-refractivity contribution in [3.63, 3.8) is 0 Å². The predicted molar refractivity (Wildman–Crippen MR) is 116 cm³/mol. The summed E-state index contributed by atoms with van der Waals surface area (Å²) >= 11 is 0. The molecule has 1 amide bonds. The molecular formula is C25H37N3O. The van der Waals surface area contributed by atoms with Crippen molar-refractivity contribution in [3.8, 4) is 0 Å². The molecule has 0 aromatic heterocycles. The molecule has 4 nitrogen and oxygen atoms in total. The van der Waals surface area contributed by atoms with Crippen LogP contribution in [0, 0.1) is 17.3 Å². The second-order valence-electron chi connectivity index (χ2n) is 10.7. The van der Waals surface area contributed by atoms with Crippen LogP contribution in [-0.2, 0) is 10.2 Å². The first-order valence-electron chi connectivity index (χ1n) is 11.8. The normalized spacial score (nSPS) is 45.5. The van der Waals surface area contributed by atoms with E-state index in [-0.39, 0.29) is 16.4 Å². The van der Waals surface area contributed by atoms with Crippen molar-refractivity contribution in [3.05, 3.63) is 35.9 Å². The third-order valence-corrected chi connectivity index (χ3v) is 9.24. The standard InChI is InChI=1S/C25H37N3O/c1-3-27-23(2)18-13-24(17-7-5-4-6-8-17)15-21(23)25(14-18,16-24)22(29)28-20-11-9-19(26)10-12-20/h4-8,18-21,27H,3,9-16,26H2,1-2H3,(H,28,29)/t18?,19?,20?,21-,23?,24?,25?/m1/s1. The molecule has 5 saturated carbocycles. The van der Waals surface area contributed by atoms with E-state index in [2.05, 4.69) is 54.8 Å². The number of hydrogen-bond acceptors (Lipinski definition) is 3. The second-order valence-corrected chi connectivity index (χ2v) is 10.7.